The lowest BCUT2D eigenvalue weighted by Crippen LogP contribution is -2.42. The highest BCUT2D eigenvalue weighted by Crippen LogP contribution is 2.17. The molecule has 4 heteroatoms. The zero-order valence-electron chi connectivity index (χ0n) is 9.62. The number of carbonyl (C=O) groups is 1. The molecule has 0 aliphatic heterocycles. The van der Waals surface area contributed by atoms with Gasteiger partial charge in [-0.2, -0.15) is 0 Å². The molecule has 0 radical (unpaired) electrons. The van der Waals surface area contributed by atoms with Crippen LogP contribution in [0, 0.1) is 6.92 Å². The van der Waals surface area contributed by atoms with Gasteiger partial charge in [-0.25, -0.2) is 0 Å². The third-order valence-corrected chi connectivity index (χ3v) is 3.25. The second kappa shape index (κ2) is 4.70. The van der Waals surface area contributed by atoms with E-state index < -0.39 is 0 Å². The van der Waals surface area contributed by atoms with Crippen molar-refractivity contribution in [1.29, 1.82) is 0 Å². The van der Waals surface area contributed by atoms with Crippen LogP contribution in [0.3, 0.4) is 0 Å². The lowest BCUT2D eigenvalue weighted by molar-refractivity contribution is 0.0925. The molecule has 1 aliphatic rings. The number of amides is 1. The van der Waals surface area contributed by atoms with E-state index in [2.05, 4.69) is 10.3 Å². The van der Waals surface area contributed by atoms with Crippen molar-refractivity contribution in [3.63, 3.8) is 0 Å². The van der Waals surface area contributed by atoms with Crippen molar-refractivity contribution in [2.75, 3.05) is 0 Å². The lowest BCUT2D eigenvalue weighted by Gasteiger charge is -2.27. The third-order valence-electron chi connectivity index (χ3n) is 3.25. The summed E-state index contributed by atoms with van der Waals surface area (Å²) in [5.41, 5.74) is 7.54. The van der Waals surface area contributed by atoms with Crippen molar-refractivity contribution in [2.24, 2.45) is 5.73 Å². The summed E-state index contributed by atoms with van der Waals surface area (Å²) in [6.07, 6.45) is 5.92. The van der Waals surface area contributed by atoms with Gasteiger partial charge in [-0.1, -0.05) is 0 Å². The van der Waals surface area contributed by atoms with Gasteiger partial charge in [-0.15, -0.1) is 0 Å². The molecule has 0 saturated heterocycles. The van der Waals surface area contributed by atoms with Crippen molar-refractivity contribution in [2.45, 2.75) is 44.7 Å². The number of aryl methyl sites for hydroxylation is 1. The van der Waals surface area contributed by atoms with E-state index in [0.717, 1.165) is 36.9 Å². The van der Waals surface area contributed by atoms with Crippen molar-refractivity contribution < 1.29 is 4.79 Å². The molecule has 88 valence electrons. The highest BCUT2D eigenvalue weighted by atomic mass is 16.1. The Balaban J connectivity index is 1.95. The molecule has 4 nitrogen and oxygen atoms in total. The fourth-order valence-corrected chi connectivity index (χ4v) is 2.32. The minimum atomic E-state index is 0.0119. The Bertz CT molecular complexity index is 372. The average molecular weight is 221 g/mol. The predicted octanol–water partition coefficient (Wildman–Crippen LogP) is 1.32. The molecule has 0 aromatic carbocycles. The smallest absolute Gasteiger partial charge is 0.253 e. The van der Waals surface area contributed by atoms with E-state index in [9.17, 15) is 4.79 Å². The maximum Gasteiger partial charge on any atom is 0.253 e. The third kappa shape index (κ3) is 2.44. The second-order valence-corrected chi connectivity index (χ2v) is 4.61. The van der Waals surface area contributed by atoms with Gasteiger partial charge >= 0.3 is 0 Å². The number of rotatable bonds is 2. The summed E-state index contributed by atoms with van der Waals surface area (Å²) in [5, 5.41) is 3.05. The predicted molar refractivity (Wildman–Crippen MR) is 63.2 cm³/mol. The van der Waals surface area contributed by atoms with Crippen LogP contribution in [-0.2, 0) is 0 Å². The fourth-order valence-electron chi connectivity index (χ4n) is 2.32. The van der Waals surface area contributed by atoms with Crippen LogP contribution in [0.25, 0.3) is 0 Å². The monoisotopic (exact) mass is 221 g/mol. The number of H-pyrrole nitrogens is 1. The number of hydrogen-bond acceptors (Lipinski definition) is 2. The number of nitrogens with two attached hydrogens (primary N) is 1. The first kappa shape index (κ1) is 11.2. The Hall–Kier alpha value is -1.29. The lowest BCUT2D eigenvalue weighted by atomic mass is 9.91. The molecule has 1 aromatic rings. The normalized spacial score (nSPS) is 25.4. The van der Waals surface area contributed by atoms with Gasteiger partial charge in [0.25, 0.3) is 5.91 Å². The molecule has 1 aliphatic carbocycles. The minimum Gasteiger partial charge on any atom is -0.365 e. The molecule has 1 aromatic heterocycles. The molecule has 1 fully saturated rings. The summed E-state index contributed by atoms with van der Waals surface area (Å²) in [4.78, 5) is 14.9. The Morgan fingerprint density at radius 3 is 3.00 bits per heavy atom. The molecule has 2 rings (SSSR count). The van der Waals surface area contributed by atoms with E-state index in [0.29, 0.717) is 0 Å². The Kier molecular flexibility index (Phi) is 3.29. The second-order valence-electron chi connectivity index (χ2n) is 4.61. The Labute approximate surface area is 95.6 Å². The SMILES string of the molecule is Cc1[nH]ccc1C(=O)NC1CCCC(N)C1. The van der Waals surface area contributed by atoms with Crippen LogP contribution >= 0.6 is 0 Å². The first-order chi connectivity index (χ1) is 7.66. The summed E-state index contributed by atoms with van der Waals surface area (Å²) >= 11 is 0. The molecular weight excluding hydrogens is 202 g/mol. The molecule has 1 heterocycles. The quantitative estimate of drug-likeness (QED) is 0.705. The van der Waals surface area contributed by atoms with Gasteiger partial charge in [0.1, 0.15) is 0 Å². The largest absolute Gasteiger partial charge is 0.365 e. The minimum absolute atomic E-state index is 0.0119. The zero-order chi connectivity index (χ0) is 11.5. The van der Waals surface area contributed by atoms with Crippen LogP contribution in [0.2, 0.25) is 0 Å². The molecule has 2 atom stereocenters. The van der Waals surface area contributed by atoms with Crippen LogP contribution in [-0.4, -0.2) is 23.0 Å². The van der Waals surface area contributed by atoms with Gasteiger partial charge in [0.15, 0.2) is 0 Å². The van der Waals surface area contributed by atoms with Gasteiger partial charge < -0.3 is 16.0 Å². The molecule has 2 unspecified atom stereocenters. The molecule has 0 bridgehead atoms. The topological polar surface area (TPSA) is 70.9 Å². The average Bonchev–Trinajstić information content (AvgIpc) is 2.64. The number of aromatic nitrogens is 1. The molecular formula is C12H19N3O. The Morgan fingerprint density at radius 1 is 1.56 bits per heavy atom. The van der Waals surface area contributed by atoms with Gasteiger partial charge in [0.2, 0.25) is 0 Å². The molecule has 1 saturated carbocycles. The highest BCUT2D eigenvalue weighted by Gasteiger charge is 2.21. The highest BCUT2D eigenvalue weighted by molar-refractivity contribution is 5.95. The fraction of sp³-hybridized carbons (Fsp3) is 0.583. The maximum absolute atomic E-state index is 11.9. The summed E-state index contributed by atoms with van der Waals surface area (Å²) < 4.78 is 0. The molecule has 0 spiro atoms. The van der Waals surface area contributed by atoms with Crippen LogP contribution in [0.15, 0.2) is 12.3 Å². The first-order valence-electron chi connectivity index (χ1n) is 5.87. The van der Waals surface area contributed by atoms with E-state index in [1.165, 1.54) is 0 Å². The van der Waals surface area contributed by atoms with Crippen molar-refractivity contribution in [3.05, 3.63) is 23.5 Å². The standard InChI is InChI=1S/C12H19N3O/c1-8-11(5-6-14-8)12(16)15-10-4-2-3-9(13)7-10/h5-6,9-10,14H,2-4,7,13H2,1H3,(H,15,16). The van der Waals surface area contributed by atoms with E-state index >= 15 is 0 Å². The first-order valence-corrected chi connectivity index (χ1v) is 5.87. The van der Waals surface area contributed by atoms with Crippen LogP contribution < -0.4 is 11.1 Å². The molecule has 16 heavy (non-hydrogen) atoms. The van der Waals surface area contributed by atoms with Crippen LogP contribution in [0.4, 0.5) is 0 Å². The van der Waals surface area contributed by atoms with Crippen molar-refractivity contribution in [3.8, 4) is 0 Å². The number of hydrogen-bond donors (Lipinski definition) is 3. The number of nitrogens with one attached hydrogen (secondary N) is 2. The van der Waals surface area contributed by atoms with Gasteiger partial charge in [0.05, 0.1) is 5.56 Å². The summed E-state index contributed by atoms with van der Waals surface area (Å²) in [6, 6.07) is 2.30. The molecule has 4 N–H and O–H groups in total. The zero-order valence-corrected chi connectivity index (χ0v) is 9.62. The van der Waals surface area contributed by atoms with Crippen LogP contribution in [0.1, 0.15) is 41.7 Å². The van der Waals surface area contributed by atoms with E-state index in [1.807, 2.05) is 13.0 Å². The Morgan fingerprint density at radius 2 is 2.38 bits per heavy atom. The molecule has 1 amide bonds. The van der Waals surface area contributed by atoms with Crippen LogP contribution in [0.5, 0.6) is 0 Å². The van der Waals surface area contributed by atoms with Crippen molar-refractivity contribution >= 4 is 5.91 Å². The summed E-state index contributed by atoms with van der Waals surface area (Å²) in [5.74, 6) is 0.0119. The summed E-state index contributed by atoms with van der Waals surface area (Å²) in [6.45, 7) is 1.90. The van der Waals surface area contributed by atoms with E-state index in [1.54, 1.807) is 6.20 Å². The van der Waals surface area contributed by atoms with Crippen molar-refractivity contribution in [1.82, 2.24) is 10.3 Å². The summed E-state index contributed by atoms with van der Waals surface area (Å²) in [7, 11) is 0. The number of aromatic amines is 1. The maximum atomic E-state index is 11.9. The van der Waals surface area contributed by atoms with Gasteiger partial charge in [0, 0.05) is 24.0 Å². The number of carbonyl (C=O) groups excluding carboxylic acids is 1. The van der Waals surface area contributed by atoms with E-state index in [-0.39, 0.29) is 18.0 Å². The van der Waals surface area contributed by atoms with E-state index in [4.69, 9.17) is 5.73 Å². The van der Waals surface area contributed by atoms with Gasteiger partial charge in [-0.05, 0) is 38.7 Å². The van der Waals surface area contributed by atoms with Gasteiger partial charge in [-0.3, -0.25) is 4.79 Å².